The Morgan fingerprint density at radius 1 is 1.28 bits per heavy atom. The molecule has 0 bridgehead atoms. The lowest BCUT2D eigenvalue weighted by molar-refractivity contribution is -0.130. The van der Waals surface area contributed by atoms with E-state index in [1.165, 1.54) is 25.1 Å². The number of aryl methyl sites for hydroxylation is 1. The molecule has 1 saturated heterocycles. The van der Waals surface area contributed by atoms with Crippen molar-refractivity contribution in [3.63, 3.8) is 0 Å². The lowest BCUT2D eigenvalue weighted by atomic mass is 10.1. The van der Waals surface area contributed by atoms with Gasteiger partial charge in [0.1, 0.15) is 12.1 Å². The number of halogens is 1. The van der Waals surface area contributed by atoms with Crippen LogP contribution in [0.25, 0.3) is 10.9 Å². The smallest absolute Gasteiger partial charge is 0.222 e. The molecular weight excluding hydrogens is 371 g/mol. The molecule has 1 amide bonds. The molecule has 6 nitrogen and oxygen atoms in total. The molecular formula is C22H23FN4O2. The fourth-order valence-corrected chi connectivity index (χ4v) is 3.68. The third-order valence-corrected chi connectivity index (χ3v) is 5.26. The summed E-state index contributed by atoms with van der Waals surface area (Å²) in [6.07, 6.45) is 3.50. The van der Waals surface area contributed by atoms with Crippen LogP contribution in [0.5, 0.6) is 5.75 Å². The normalized spacial score (nSPS) is 16.2. The van der Waals surface area contributed by atoms with E-state index in [1.807, 2.05) is 35.2 Å². The van der Waals surface area contributed by atoms with E-state index >= 15 is 0 Å². The molecule has 1 aliphatic rings. The van der Waals surface area contributed by atoms with Gasteiger partial charge >= 0.3 is 0 Å². The Morgan fingerprint density at radius 3 is 2.90 bits per heavy atom. The Labute approximate surface area is 168 Å². The third-order valence-electron chi connectivity index (χ3n) is 5.26. The number of carbonyl (C=O) groups is 1. The maximum absolute atomic E-state index is 13.9. The van der Waals surface area contributed by atoms with Gasteiger partial charge in [0, 0.05) is 37.0 Å². The number of nitrogens with zero attached hydrogens (tertiary/aromatic N) is 3. The maximum Gasteiger partial charge on any atom is 0.222 e. The topological polar surface area (TPSA) is 67.3 Å². The number of anilines is 1. The van der Waals surface area contributed by atoms with Crippen LogP contribution in [0.15, 0.2) is 48.8 Å². The molecule has 0 aliphatic carbocycles. The number of aromatic nitrogens is 2. The first-order valence-electron chi connectivity index (χ1n) is 9.70. The summed E-state index contributed by atoms with van der Waals surface area (Å²) in [6.45, 7) is 1.34. The Hall–Kier alpha value is -3.22. The van der Waals surface area contributed by atoms with Crippen LogP contribution < -0.4 is 10.1 Å². The molecule has 1 unspecified atom stereocenters. The Balaban J connectivity index is 1.40. The minimum Gasteiger partial charge on any atom is -0.494 e. The van der Waals surface area contributed by atoms with Gasteiger partial charge < -0.3 is 15.0 Å². The van der Waals surface area contributed by atoms with E-state index in [0.29, 0.717) is 36.2 Å². The van der Waals surface area contributed by atoms with E-state index in [4.69, 9.17) is 4.74 Å². The van der Waals surface area contributed by atoms with Gasteiger partial charge in [-0.2, -0.15) is 0 Å². The van der Waals surface area contributed by atoms with Crippen molar-refractivity contribution < 1.29 is 13.9 Å². The highest BCUT2D eigenvalue weighted by molar-refractivity contribution is 5.90. The highest BCUT2D eigenvalue weighted by Crippen LogP contribution is 2.28. The SMILES string of the molecule is COc1cc2c(NC3CCN(C(=O)CCc4ccccc4)C3)ncnc2cc1F. The first-order chi connectivity index (χ1) is 14.1. The fourth-order valence-electron chi connectivity index (χ4n) is 3.68. The van der Waals surface area contributed by atoms with Crippen molar-refractivity contribution in [2.45, 2.75) is 25.3 Å². The summed E-state index contributed by atoms with van der Waals surface area (Å²) in [5, 5.41) is 4.08. The highest BCUT2D eigenvalue weighted by atomic mass is 19.1. The summed E-state index contributed by atoms with van der Waals surface area (Å²) in [5.74, 6) is 0.478. The number of benzene rings is 2. The number of likely N-dealkylation sites (tertiary alicyclic amines) is 1. The van der Waals surface area contributed by atoms with Gasteiger partial charge in [0.25, 0.3) is 0 Å². The molecule has 150 valence electrons. The van der Waals surface area contributed by atoms with Crippen molar-refractivity contribution in [2.75, 3.05) is 25.5 Å². The number of amides is 1. The molecule has 7 heteroatoms. The lowest BCUT2D eigenvalue weighted by Crippen LogP contribution is -2.31. The fraction of sp³-hybridized carbons (Fsp3) is 0.318. The number of fused-ring (bicyclic) bond motifs is 1. The van der Waals surface area contributed by atoms with Gasteiger partial charge in [-0.15, -0.1) is 0 Å². The second-order valence-electron chi connectivity index (χ2n) is 7.18. The monoisotopic (exact) mass is 394 g/mol. The molecule has 29 heavy (non-hydrogen) atoms. The van der Waals surface area contributed by atoms with E-state index in [-0.39, 0.29) is 17.7 Å². The number of nitrogens with one attached hydrogen (secondary N) is 1. The van der Waals surface area contributed by atoms with Gasteiger partial charge in [-0.25, -0.2) is 14.4 Å². The van der Waals surface area contributed by atoms with Gasteiger partial charge in [0.05, 0.1) is 12.6 Å². The van der Waals surface area contributed by atoms with Gasteiger partial charge in [-0.1, -0.05) is 30.3 Å². The number of hydrogen-bond acceptors (Lipinski definition) is 5. The second kappa shape index (κ2) is 8.43. The predicted octanol–water partition coefficient (Wildman–Crippen LogP) is 3.42. The summed E-state index contributed by atoms with van der Waals surface area (Å²) in [7, 11) is 1.43. The summed E-state index contributed by atoms with van der Waals surface area (Å²) >= 11 is 0. The molecule has 3 aromatic rings. The Kier molecular flexibility index (Phi) is 5.55. The van der Waals surface area contributed by atoms with E-state index < -0.39 is 5.82 Å². The molecule has 1 atom stereocenters. The zero-order valence-corrected chi connectivity index (χ0v) is 16.3. The number of hydrogen-bond donors (Lipinski definition) is 1. The van der Waals surface area contributed by atoms with Gasteiger partial charge in [0.15, 0.2) is 11.6 Å². The van der Waals surface area contributed by atoms with E-state index in [0.717, 1.165) is 12.8 Å². The van der Waals surface area contributed by atoms with Crippen LogP contribution in [0.1, 0.15) is 18.4 Å². The second-order valence-corrected chi connectivity index (χ2v) is 7.18. The van der Waals surface area contributed by atoms with Crippen LogP contribution in [0, 0.1) is 5.82 Å². The quantitative estimate of drug-likeness (QED) is 0.694. The van der Waals surface area contributed by atoms with Crippen molar-refractivity contribution >= 4 is 22.6 Å². The van der Waals surface area contributed by atoms with Crippen molar-refractivity contribution in [2.24, 2.45) is 0 Å². The zero-order chi connectivity index (χ0) is 20.2. The summed E-state index contributed by atoms with van der Waals surface area (Å²) in [6, 6.07) is 13.1. The molecule has 2 aromatic carbocycles. The first kappa shape index (κ1) is 19.1. The minimum atomic E-state index is -0.458. The Morgan fingerprint density at radius 2 is 2.10 bits per heavy atom. The molecule has 0 spiro atoms. The van der Waals surface area contributed by atoms with Crippen molar-refractivity contribution in [3.05, 3.63) is 60.2 Å². The average molecular weight is 394 g/mol. The molecule has 2 heterocycles. The minimum absolute atomic E-state index is 0.0878. The van der Waals surface area contributed by atoms with Crippen LogP contribution in [0.4, 0.5) is 10.2 Å². The van der Waals surface area contributed by atoms with E-state index in [9.17, 15) is 9.18 Å². The highest BCUT2D eigenvalue weighted by Gasteiger charge is 2.26. The maximum atomic E-state index is 13.9. The van der Waals surface area contributed by atoms with E-state index in [2.05, 4.69) is 15.3 Å². The Bertz CT molecular complexity index is 1010. The van der Waals surface area contributed by atoms with Crippen LogP contribution in [-0.2, 0) is 11.2 Å². The summed E-state index contributed by atoms with van der Waals surface area (Å²) < 4.78 is 19.0. The summed E-state index contributed by atoms with van der Waals surface area (Å²) in [4.78, 5) is 22.9. The first-order valence-corrected chi connectivity index (χ1v) is 9.70. The number of ether oxygens (including phenoxy) is 1. The van der Waals surface area contributed by atoms with Crippen molar-refractivity contribution in [1.29, 1.82) is 0 Å². The number of rotatable bonds is 6. The summed E-state index contributed by atoms with van der Waals surface area (Å²) in [5.41, 5.74) is 1.68. The van der Waals surface area contributed by atoms with Gasteiger partial charge in [-0.05, 0) is 24.5 Å². The molecule has 1 aromatic heterocycles. The third kappa shape index (κ3) is 4.29. The van der Waals surface area contributed by atoms with Crippen molar-refractivity contribution in [1.82, 2.24) is 14.9 Å². The average Bonchev–Trinajstić information content (AvgIpc) is 3.21. The van der Waals surface area contributed by atoms with Crippen LogP contribution in [-0.4, -0.2) is 47.0 Å². The van der Waals surface area contributed by atoms with Gasteiger partial charge in [0.2, 0.25) is 5.91 Å². The van der Waals surface area contributed by atoms with Crippen LogP contribution >= 0.6 is 0 Å². The number of carbonyl (C=O) groups excluding carboxylic acids is 1. The zero-order valence-electron chi connectivity index (χ0n) is 16.3. The largest absolute Gasteiger partial charge is 0.494 e. The van der Waals surface area contributed by atoms with E-state index in [1.54, 1.807) is 6.07 Å². The molecule has 0 saturated carbocycles. The molecule has 1 aliphatic heterocycles. The van der Waals surface area contributed by atoms with Gasteiger partial charge in [-0.3, -0.25) is 4.79 Å². The number of methoxy groups -OCH3 is 1. The standard InChI is InChI=1S/C22H23FN4O2/c1-29-20-11-17-19(12-18(20)23)24-14-25-22(17)26-16-9-10-27(13-16)21(28)8-7-15-5-3-2-4-6-15/h2-6,11-12,14,16H,7-10,13H2,1H3,(H,24,25,26). The molecule has 4 rings (SSSR count). The molecule has 1 N–H and O–H groups in total. The molecule has 1 fully saturated rings. The van der Waals surface area contributed by atoms with Crippen LogP contribution in [0.2, 0.25) is 0 Å². The predicted molar refractivity (Wildman–Crippen MR) is 109 cm³/mol. The molecule has 0 radical (unpaired) electrons. The van der Waals surface area contributed by atoms with Crippen molar-refractivity contribution in [3.8, 4) is 5.75 Å². The lowest BCUT2D eigenvalue weighted by Gasteiger charge is -2.18. The van der Waals surface area contributed by atoms with Crippen LogP contribution in [0.3, 0.4) is 0 Å².